The van der Waals surface area contributed by atoms with E-state index in [-0.39, 0.29) is 43.9 Å². The molecule has 1 heterocycles. The first kappa shape index (κ1) is 39.6. The summed E-state index contributed by atoms with van der Waals surface area (Å²) in [6.45, 7) is 8.87. The predicted molar refractivity (Wildman–Crippen MR) is 197 cm³/mol. The molecule has 0 bridgehead atoms. The number of hydrogen-bond donors (Lipinski definition) is 3. The second kappa shape index (κ2) is 20.0. The van der Waals surface area contributed by atoms with Gasteiger partial charge in [-0.15, -0.1) is 10.1 Å². The highest BCUT2D eigenvalue weighted by Gasteiger charge is 2.50. The average Bonchev–Trinajstić information content (AvgIpc) is 3.47. The highest BCUT2D eigenvalue weighted by molar-refractivity contribution is 6.99. The fraction of sp³-hybridized carbons (Fsp3) is 0.421. The van der Waals surface area contributed by atoms with Gasteiger partial charge in [0.05, 0.1) is 31.7 Å². The molecule has 15 heteroatoms. The number of aliphatic hydroxyl groups is 1. The van der Waals surface area contributed by atoms with Crippen LogP contribution in [0.1, 0.15) is 58.4 Å². The molecule has 0 aromatic heterocycles. The van der Waals surface area contributed by atoms with Crippen molar-refractivity contribution in [1.29, 1.82) is 1.43 Å². The van der Waals surface area contributed by atoms with E-state index in [1.807, 2.05) is 36.4 Å². The van der Waals surface area contributed by atoms with E-state index in [1.54, 1.807) is 18.2 Å². The van der Waals surface area contributed by atoms with E-state index in [9.17, 15) is 19.2 Å². The first-order valence-electron chi connectivity index (χ1n) is 18.0. The lowest BCUT2D eigenvalue weighted by Gasteiger charge is -2.43. The number of aliphatic hydroxyl groups excluding tert-OH is 1. The maximum absolute atomic E-state index is 12.5. The van der Waals surface area contributed by atoms with E-state index >= 15 is 0 Å². The number of esters is 1. The number of anilines is 1. The van der Waals surface area contributed by atoms with Crippen LogP contribution in [0.3, 0.4) is 0 Å². The van der Waals surface area contributed by atoms with Gasteiger partial charge in [0.15, 0.2) is 0 Å². The molecular weight excluding hydrogens is 703 g/mol. The Kier molecular flexibility index (Phi) is 14.9. The van der Waals surface area contributed by atoms with Crippen molar-refractivity contribution in [3.05, 3.63) is 84.4 Å². The van der Waals surface area contributed by atoms with Crippen LogP contribution in [0.25, 0.3) is 0 Å². The number of ether oxygens (including phenoxy) is 2. The maximum atomic E-state index is 12.5. The van der Waals surface area contributed by atoms with Gasteiger partial charge in [0, 0.05) is 44.6 Å². The average molecular weight is 753 g/mol. The van der Waals surface area contributed by atoms with E-state index in [0.717, 1.165) is 10.4 Å². The Morgan fingerprint density at radius 3 is 2.09 bits per heavy atom. The molecule has 2 amide bonds. The Morgan fingerprint density at radius 2 is 1.49 bits per heavy atom. The Labute approximate surface area is 312 Å². The fourth-order valence-electron chi connectivity index (χ4n) is 6.20. The van der Waals surface area contributed by atoms with Gasteiger partial charge in [-0.1, -0.05) is 81.4 Å². The topological polar surface area (TPSA) is 173 Å². The number of carbonyl (C=O) groups excluding carboxylic acids is 4. The summed E-state index contributed by atoms with van der Waals surface area (Å²) in [5.41, 5.74) is 3.30. The Morgan fingerprint density at radius 1 is 0.868 bits per heavy atom. The molecule has 0 radical (unpaired) electrons. The van der Waals surface area contributed by atoms with Crippen molar-refractivity contribution in [3.63, 3.8) is 0 Å². The van der Waals surface area contributed by atoms with Gasteiger partial charge in [-0.2, -0.15) is 0 Å². The van der Waals surface area contributed by atoms with Crippen molar-refractivity contribution in [3.8, 4) is 5.75 Å². The summed E-state index contributed by atoms with van der Waals surface area (Å²) < 4.78 is 25.6. The van der Waals surface area contributed by atoms with E-state index in [0.29, 0.717) is 61.3 Å². The number of nitrogens with zero attached hydrogens (tertiary/aromatic N) is 2. The summed E-state index contributed by atoms with van der Waals surface area (Å²) >= 11 is 0. The molecule has 0 spiro atoms. The van der Waals surface area contributed by atoms with Crippen LogP contribution in [0.2, 0.25) is 5.04 Å². The SMILES string of the molecule is [2H]OCc1cc(OCCCN(CCOC(=O)CCC(=O)ON2C(=O)CCC2=O)CCO[Si](c2ccccc2)(c2ccccc2)C(C)(C)C)ccc1NOO. The van der Waals surface area contributed by atoms with Crippen LogP contribution in [0.15, 0.2) is 78.9 Å². The third-order valence-electron chi connectivity index (χ3n) is 8.82. The maximum Gasteiger partial charge on any atom is 0.333 e. The smallest absolute Gasteiger partial charge is 0.333 e. The fourth-order valence-corrected chi connectivity index (χ4v) is 10.8. The molecule has 3 aromatic carbocycles. The van der Waals surface area contributed by atoms with Crippen molar-refractivity contribution in [2.75, 3.05) is 44.9 Å². The number of benzene rings is 3. The van der Waals surface area contributed by atoms with Gasteiger partial charge in [-0.05, 0) is 40.0 Å². The molecule has 1 aliphatic rings. The standard InChI is InChI=1S/C38H49N3O11Si/c1-38(2,3)53(31-11-6-4-7-12-31,32-13-8-5-9-14-32)50-26-23-40(21-10-24-48-30-15-16-33(39-52-47)29(27-30)28-42)22-25-49-36(45)19-20-37(46)51-41-34(43)17-18-35(41)44/h4-9,11-16,27,39,42,47H,10,17-26,28H2,1-3H3/i42D. The minimum Gasteiger partial charge on any atom is -0.494 e. The molecule has 14 nitrogen and oxygen atoms in total. The zero-order valence-electron chi connectivity index (χ0n) is 31.4. The number of carbonyl (C=O) groups is 4. The van der Waals surface area contributed by atoms with Crippen LogP contribution in [0, 0.1) is 0 Å². The lowest BCUT2D eigenvalue weighted by molar-refractivity contribution is -0.215. The quantitative estimate of drug-likeness (QED) is 0.0340. The molecule has 1 fully saturated rings. The van der Waals surface area contributed by atoms with Gasteiger partial charge >= 0.3 is 11.9 Å². The van der Waals surface area contributed by atoms with Gasteiger partial charge in [-0.25, -0.2) is 15.5 Å². The summed E-state index contributed by atoms with van der Waals surface area (Å²) in [7, 11) is -2.79. The van der Waals surface area contributed by atoms with Crippen LogP contribution in [-0.4, -0.2) is 93.3 Å². The van der Waals surface area contributed by atoms with Crippen LogP contribution < -0.4 is 20.6 Å². The van der Waals surface area contributed by atoms with Crippen molar-refractivity contribution < 1.29 is 53.3 Å². The van der Waals surface area contributed by atoms with Gasteiger partial charge in [0.25, 0.3) is 20.1 Å². The van der Waals surface area contributed by atoms with Gasteiger partial charge in [0.1, 0.15) is 12.4 Å². The molecule has 3 N–H and O–H groups in total. The number of rotatable bonds is 22. The molecule has 0 aliphatic carbocycles. The zero-order valence-corrected chi connectivity index (χ0v) is 31.4. The Bertz CT molecular complexity index is 1620. The minimum absolute atomic E-state index is 0.0190. The van der Waals surface area contributed by atoms with Crippen LogP contribution in [0.5, 0.6) is 5.75 Å². The second-order valence-corrected chi connectivity index (χ2v) is 17.8. The first-order valence-corrected chi connectivity index (χ1v) is 19.5. The van der Waals surface area contributed by atoms with Gasteiger partial charge in [-0.3, -0.25) is 19.3 Å². The van der Waals surface area contributed by atoms with E-state index in [4.69, 9.17) is 25.4 Å². The van der Waals surface area contributed by atoms with Crippen LogP contribution in [0.4, 0.5) is 5.69 Å². The van der Waals surface area contributed by atoms with Gasteiger partial charge < -0.3 is 23.8 Å². The molecular formula is C38H49N3O11Si. The first-order chi connectivity index (χ1) is 26.0. The largest absolute Gasteiger partial charge is 0.494 e. The molecule has 286 valence electrons. The predicted octanol–water partition coefficient (Wildman–Crippen LogP) is 3.57. The molecule has 1 saturated heterocycles. The minimum atomic E-state index is -2.79. The molecule has 0 atom stereocenters. The highest BCUT2D eigenvalue weighted by atomic mass is 28.4. The third kappa shape index (κ3) is 11.4. The summed E-state index contributed by atoms with van der Waals surface area (Å²) in [6, 6.07) is 25.7. The van der Waals surface area contributed by atoms with Crippen molar-refractivity contribution >= 4 is 48.1 Å². The van der Waals surface area contributed by atoms with Crippen molar-refractivity contribution in [2.45, 2.75) is 64.5 Å². The summed E-state index contributed by atoms with van der Waals surface area (Å²) in [4.78, 5) is 59.1. The molecule has 3 aromatic rings. The number of amides is 2. The molecule has 53 heavy (non-hydrogen) atoms. The van der Waals surface area contributed by atoms with Crippen molar-refractivity contribution in [2.24, 2.45) is 0 Å². The van der Waals surface area contributed by atoms with E-state index in [2.05, 4.69) is 65.5 Å². The normalized spacial score (nSPS) is 13.6. The monoisotopic (exact) mass is 752 g/mol. The number of imide groups is 1. The van der Waals surface area contributed by atoms with E-state index in [1.165, 1.54) is 0 Å². The molecule has 0 unspecified atom stereocenters. The van der Waals surface area contributed by atoms with Crippen molar-refractivity contribution in [1.82, 2.24) is 9.96 Å². The lowest BCUT2D eigenvalue weighted by Crippen LogP contribution is -2.67. The highest BCUT2D eigenvalue weighted by Crippen LogP contribution is 2.36. The molecule has 1 aliphatic heterocycles. The summed E-state index contributed by atoms with van der Waals surface area (Å²) in [5.74, 6) is -2.13. The molecule has 0 saturated carbocycles. The number of hydroxylamine groups is 2. The number of nitrogens with one attached hydrogen (secondary N) is 1. The molecule has 4 rings (SSSR count). The third-order valence-corrected chi connectivity index (χ3v) is 13.9. The van der Waals surface area contributed by atoms with E-state index < -0.39 is 32.1 Å². The number of hydrogen-bond acceptors (Lipinski definition) is 13. The second-order valence-electron chi connectivity index (χ2n) is 13.5. The lowest BCUT2D eigenvalue weighted by atomic mass is 10.2. The van der Waals surface area contributed by atoms with Gasteiger partial charge in [0.2, 0.25) is 1.43 Å². The summed E-state index contributed by atoms with van der Waals surface area (Å²) in [6.07, 6.45) is -0.0461. The van der Waals surface area contributed by atoms with Crippen LogP contribution >= 0.6 is 0 Å². The summed E-state index contributed by atoms with van der Waals surface area (Å²) in [5, 5.41) is 15.8. The van der Waals surface area contributed by atoms with Crippen LogP contribution in [-0.2, 0) is 44.8 Å². The Hall–Kier alpha value is -4.64. The Balaban J connectivity index is 1.39. The zero-order chi connectivity index (χ0) is 39.0.